The molecule has 4 rings (SSSR count). The number of carbonyl (C=O) groups excluding carboxylic acids is 2. The summed E-state index contributed by atoms with van der Waals surface area (Å²) in [5, 5.41) is 13.7. The molecule has 1 saturated carbocycles. The molecule has 2 aliphatic heterocycles. The molecule has 9 heteroatoms. The van der Waals surface area contributed by atoms with Crippen molar-refractivity contribution in [2.45, 2.75) is 56.3 Å². The molecule has 3 unspecified atom stereocenters. The number of amides is 2. The number of rotatable bonds is 6. The number of hydrogen-bond donors (Lipinski definition) is 4. The second kappa shape index (κ2) is 8.85. The zero-order valence-electron chi connectivity index (χ0n) is 16.1. The molecule has 2 saturated heterocycles. The van der Waals surface area contributed by atoms with E-state index in [1.165, 1.54) is 0 Å². The number of anilines is 1. The molecule has 3 aliphatic rings. The monoisotopic (exact) mass is 435 g/mol. The molecule has 0 radical (unpaired) electrons. The van der Waals surface area contributed by atoms with Gasteiger partial charge in [0.15, 0.2) is 5.11 Å². The predicted octanol–water partition coefficient (Wildman–Crippen LogP) is 1.63. The molecule has 1 aliphatic carbocycles. The van der Waals surface area contributed by atoms with Crippen molar-refractivity contribution >= 4 is 46.4 Å². The van der Waals surface area contributed by atoms with E-state index < -0.39 is 0 Å². The van der Waals surface area contributed by atoms with Crippen LogP contribution in [0.1, 0.15) is 32.1 Å². The van der Waals surface area contributed by atoms with Gasteiger partial charge in [-0.2, -0.15) is 0 Å². The number of benzene rings is 1. The van der Waals surface area contributed by atoms with Crippen LogP contribution in [0, 0.1) is 0 Å². The average molecular weight is 436 g/mol. The van der Waals surface area contributed by atoms with Gasteiger partial charge in [-0.25, -0.2) is 0 Å². The Bertz CT molecular complexity index is 786. The van der Waals surface area contributed by atoms with Gasteiger partial charge in [-0.1, -0.05) is 11.6 Å². The summed E-state index contributed by atoms with van der Waals surface area (Å²) in [6, 6.07) is 7.81. The summed E-state index contributed by atoms with van der Waals surface area (Å²) in [5.74, 6) is 0.174. The molecule has 7 nitrogen and oxygen atoms in total. The fourth-order valence-electron chi connectivity index (χ4n) is 4.06. The summed E-state index contributed by atoms with van der Waals surface area (Å²) >= 11 is 11.3. The summed E-state index contributed by atoms with van der Waals surface area (Å²) < 4.78 is 0. The molecule has 1 aromatic rings. The first kappa shape index (κ1) is 20.4. The summed E-state index contributed by atoms with van der Waals surface area (Å²) in [5.41, 5.74) is 0.861. The minimum absolute atomic E-state index is 0.0598. The van der Waals surface area contributed by atoms with E-state index in [0.29, 0.717) is 35.6 Å². The van der Waals surface area contributed by atoms with Crippen molar-refractivity contribution in [3.63, 3.8) is 0 Å². The second-order valence-corrected chi connectivity index (χ2v) is 8.87. The zero-order valence-corrected chi connectivity index (χ0v) is 17.7. The quantitative estimate of drug-likeness (QED) is 0.508. The molecule has 1 aromatic carbocycles. The number of halogens is 1. The van der Waals surface area contributed by atoms with Crippen LogP contribution in [0.3, 0.4) is 0 Å². The lowest BCUT2D eigenvalue weighted by molar-refractivity contribution is -0.129. The minimum Gasteiger partial charge on any atom is -0.358 e. The number of hydrogen-bond acceptors (Lipinski definition) is 4. The lowest BCUT2D eigenvalue weighted by Crippen LogP contribution is -2.58. The Morgan fingerprint density at radius 3 is 2.69 bits per heavy atom. The largest absolute Gasteiger partial charge is 0.358 e. The Morgan fingerprint density at radius 2 is 1.97 bits per heavy atom. The van der Waals surface area contributed by atoms with Crippen LogP contribution < -0.4 is 21.3 Å². The van der Waals surface area contributed by atoms with Gasteiger partial charge in [-0.15, -0.1) is 0 Å². The van der Waals surface area contributed by atoms with Gasteiger partial charge < -0.3 is 21.3 Å². The molecule has 4 N–H and O–H groups in total. The van der Waals surface area contributed by atoms with E-state index in [9.17, 15) is 9.59 Å². The van der Waals surface area contributed by atoms with Crippen molar-refractivity contribution in [2.75, 3.05) is 18.4 Å². The van der Waals surface area contributed by atoms with Crippen LogP contribution in [0.4, 0.5) is 5.69 Å². The first-order chi connectivity index (χ1) is 14.0. The lowest BCUT2D eigenvalue weighted by atomic mass is 10.0. The highest BCUT2D eigenvalue weighted by Crippen LogP contribution is 2.26. The third kappa shape index (κ3) is 5.38. The van der Waals surface area contributed by atoms with Crippen molar-refractivity contribution in [3.05, 3.63) is 29.3 Å². The molecule has 0 bridgehead atoms. The van der Waals surface area contributed by atoms with E-state index in [1.54, 1.807) is 12.1 Å². The third-order valence-electron chi connectivity index (χ3n) is 5.71. The van der Waals surface area contributed by atoms with Gasteiger partial charge in [-0.3, -0.25) is 14.5 Å². The van der Waals surface area contributed by atoms with Gasteiger partial charge in [0.2, 0.25) is 11.8 Å². The van der Waals surface area contributed by atoms with Gasteiger partial charge in [0.05, 0.1) is 6.04 Å². The molecule has 0 aromatic heterocycles. The van der Waals surface area contributed by atoms with Gasteiger partial charge in [-0.05, 0) is 62.2 Å². The topological polar surface area (TPSA) is 85.5 Å². The van der Waals surface area contributed by atoms with Crippen molar-refractivity contribution < 1.29 is 9.59 Å². The number of thiocarbonyl (C=S) groups is 1. The Labute approximate surface area is 180 Å². The Balaban J connectivity index is 1.29. The van der Waals surface area contributed by atoms with E-state index in [-0.39, 0.29) is 29.9 Å². The molecular weight excluding hydrogens is 410 g/mol. The maximum atomic E-state index is 12.3. The first-order valence-corrected chi connectivity index (χ1v) is 10.9. The number of fused-ring (bicyclic) bond motifs is 1. The normalized spacial score (nSPS) is 26.4. The average Bonchev–Trinajstić information content (AvgIpc) is 3.39. The Kier molecular flexibility index (Phi) is 6.22. The maximum absolute atomic E-state index is 12.3. The molecule has 156 valence electrons. The Hall–Kier alpha value is -1.90. The highest BCUT2D eigenvalue weighted by molar-refractivity contribution is 7.80. The van der Waals surface area contributed by atoms with Gasteiger partial charge in [0.1, 0.15) is 0 Å². The third-order valence-corrected chi connectivity index (χ3v) is 6.18. The number of nitrogens with one attached hydrogen (secondary N) is 4. The van der Waals surface area contributed by atoms with Crippen molar-refractivity contribution in [2.24, 2.45) is 0 Å². The summed E-state index contributed by atoms with van der Waals surface area (Å²) in [6.45, 7) is 1.32. The molecule has 2 heterocycles. The van der Waals surface area contributed by atoms with E-state index >= 15 is 0 Å². The summed E-state index contributed by atoms with van der Waals surface area (Å²) in [4.78, 5) is 26.6. The second-order valence-electron chi connectivity index (χ2n) is 8.03. The number of piperazine rings is 1. The molecule has 3 atom stereocenters. The highest BCUT2D eigenvalue weighted by Gasteiger charge is 2.43. The SMILES string of the molecule is O=C(CCC1CNC(=O)C2CC(NC(=S)Nc3ccc(Cl)cc3)CN12)NC1CC1. The molecule has 3 fully saturated rings. The number of carbonyl (C=O) groups is 2. The zero-order chi connectivity index (χ0) is 20.4. The van der Waals surface area contributed by atoms with Crippen molar-refractivity contribution in [1.82, 2.24) is 20.9 Å². The standard InChI is InChI=1S/C20H26ClN5O2S/c21-12-1-3-14(4-2-12)24-20(29)25-15-9-17-19(28)22-10-16(26(17)11-15)7-8-18(27)23-13-5-6-13/h1-4,13,15-17H,5-11H2,(H,22,28)(H,23,27)(H2,24,25,29). The maximum Gasteiger partial charge on any atom is 0.237 e. The smallest absolute Gasteiger partial charge is 0.237 e. The molecule has 0 spiro atoms. The van der Waals surface area contributed by atoms with Crippen molar-refractivity contribution in [3.8, 4) is 0 Å². The fraction of sp³-hybridized carbons (Fsp3) is 0.550. The minimum atomic E-state index is -0.170. The van der Waals surface area contributed by atoms with E-state index in [0.717, 1.165) is 31.5 Å². The highest BCUT2D eigenvalue weighted by atomic mass is 35.5. The summed E-state index contributed by atoms with van der Waals surface area (Å²) in [7, 11) is 0. The predicted molar refractivity (Wildman–Crippen MR) is 117 cm³/mol. The van der Waals surface area contributed by atoms with Crippen LogP contribution in [0.5, 0.6) is 0 Å². The Morgan fingerprint density at radius 1 is 1.21 bits per heavy atom. The van der Waals surface area contributed by atoms with Gasteiger partial charge in [0.25, 0.3) is 0 Å². The number of nitrogens with zero attached hydrogens (tertiary/aromatic N) is 1. The fourth-order valence-corrected chi connectivity index (χ4v) is 4.47. The van der Waals surface area contributed by atoms with Crippen LogP contribution in [0.15, 0.2) is 24.3 Å². The van der Waals surface area contributed by atoms with Crippen LogP contribution in [0.2, 0.25) is 5.02 Å². The van der Waals surface area contributed by atoms with Gasteiger partial charge >= 0.3 is 0 Å². The van der Waals surface area contributed by atoms with E-state index in [2.05, 4.69) is 26.2 Å². The van der Waals surface area contributed by atoms with Gasteiger partial charge in [0, 0.05) is 48.3 Å². The van der Waals surface area contributed by atoms with Crippen LogP contribution in [-0.4, -0.2) is 59.1 Å². The molecular formula is C20H26ClN5O2S. The summed E-state index contributed by atoms with van der Waals surface area (Å²) in [6.07, 6.45) is 4.12. The molecule has 2 amide bonds. The first-order valence-electron chi connectivity index (χ1n) is 10.1. The van der Waals surface area contributed by atoms with E-state index in [4.69, 9.17) is 23.8 Å². The van der Waals surface area contributed by atoms with Crippen molar-refractivity contribution in [1.29, 1.82) is 0 Å². The van der Waals surface area contributed by atoms with E-state index in [1.807, 2.05) is 12.1 Å². The van der Waals surface area contributed by atoms with Crippen LogP contribution >= 0.6 is 23.8 Å². The molecule has 29 heavy (non-hydrogen) atoms. The van der Waals surface area contributed by atoms with Crippen LogP contribution in [-0.2, 0) is 9.59 Å². The van der Waals surface area contributed by atoms with Crippen LogP contribution in [0.25, 0.3) is 0 Å². The lowest BCUT2D eigenvalue weighted by Gasteiger charge is -2.37.